The van der Waals surface area contributed by atoms with Crippen LogP contribution in [0.4, 0.5) is 0 Å². The SMILES string of the molecule is COc1ccc(C[C@@H]2c3cc(OC)c(OC)cc3CC[N@@+]2(C)CCC(=O)OCCCCCOC(=O)CC[N@@+]2(C)CCc3cc(OC)c(OC)cc3[C@@H]2Cc2ccc(OC)c(OC)c2)cc1OC.O=S(=O)([O-])c1ccccc1.O=S(=O)([O-])c1ccccc1. The predicted molar refractivity (Wildman–Crippen MR) is 324 cm³/mol. The van der Waals surface area contributed by atoms with E-state index in [1.54, 1.807) is 69.0 Å². The Morgan fingerprint density at radius 3 is 1.07 bits per heavy atom. The Balaban J connectivity index is 0.000000507. The number of nitrogens with zero attached hydrogens (tertiary/aromatic N) is 2. The third-order valence-corrected chi connectivity index (χ3v) is 17.8. The Bertz CT molecular complexity index is 3230. The zero-order valence-corrected chi connectivity index (χ0v) is 53.0. The van der Waals surface area contributed by atoms with Crippen LogP contribution in [-0.2, 0) is 65.0 Å². The number of hydrogen-bond donors (Lipinski definition) is 0. The van der Waals surface area contributed by atoms with Gasteiger partial charge in [0.1, 0.15) is 32.3 Å². The van der Waals surface area contributed by atoms with Crippen LogP contribution >= 0.6 is 0 Å². The van der Waals surface area contributed by atoms with Crippen LogP contribution in [0.3, 0.4) is 0 Å². The lowest BCUT2D eigenvalue weighted by molar-refractivity contribution is -0.940. The minimum absolute atomic E-state index is 0.0393. The van der Waals surface area contributed by atoms with E-state index in [2.05, 4.69) is 50.5 Å². The summed E-state index contributed by atoms with van der Waals surface area (Å²) >= 11 is 0. The van der Waals surface area contributed by atoms with E-state index in [4.69, 9.17) is 47.4 Å². The second-order valence-corrected chi connectivity index (χ2v) is 24.3. The molecule has 0 radical (unpaired) electrons. The number of ether oxygens (including phenoxy) is 10. The minimum atomic E-state index is -4.25. The highest BCUT2D eigenvalue weighted by molar-refractivity contribution is 7.86. The molecular weight excluding hydrogens is 1160 g/mol. The number of carbonyl (C=O) groups excluding carboxylic acids is 2. The van der Waals surface area contributed by atoms with E-state index >= 15 is 0 Å². The number of hydrogen-bond acceptors (Lipinski definition) is 18. The zero-order chi connectivity index (χ0) is 63.4. The summed E-state index contributed by atoms with van der Waals surface area (Å²) < 4.78 is 120. The first-order valence-corrected chi connectivity index (χ1v) is 31.3. The van der Waals surface area contributed by atoms with E-state index in [9.17, 15) is 35.5 Å². The average molecular weight is 1240 g/mol. The van der Waals surface area contributed by atoms with Crippen molar-refractivity contribution in [2.24, 2.45) is 0 Å². The van der Waals surface area contributed by atoms with Crippen molar-refractivity contribution >= 4 is 32.2 Å². The molecule has 22 heteroatoms. The monoisotopic (exact) mass is 1240 g/mol. The number of fused-ring (bicyclic) bond motifs is 2. The van der Waals surface area contributed by atoms with Gasteiger partial charge in [-0.2, -0.15) is 0 Å². The highest BCUT2D eigenvalue weighted by Crippen LogP contribution is 2.45. The number of methoxy groups -OCH3 is 8. The third-order valence-electron chi connectivity index (χ3n) is 16.1. The molecule has 0 aromatic heterocycles. The molecule has 87 heavy (non-hydrogen) atoms. The number of quaternary nitrogens is 2. The molecule has 0 amide bonds. The maximum atomic E-state index is 13.2. The lowest BCUT2D eigenvalue weighted by atomic mass is 9.86. The van der Waals surface area contributed by atoms with Crippen molar-refractivity contribution in [3.63, 3.8) is 0 Å². The van der Waals surface area contributed by atoms with E-state index in [-0.39, 0.29) is 33.8 Å². The first kappa shape index (κ1) is 68.5. The number of carbonyl (C=O) groups is 2. The van der Waals surface area contributed by atoms with Gasteiger partial charge >= 0.3 is 11.9 Å². The van der Waals surface area contributed by atoms with E-state index < -0.39 is 20.2 Å². The van der Waals surface area contributed by atoms with Gasteiger partial charge in [-0.1, -0.05) is 48.5 Å². The van der Waals surface area contributed by atoms with Crippen molar-refractivity contribution in [3.05, 3.63) is 155 Å². The first-order chi connectivity index (χ1) is 41.6. The Kier molecular flexibility index (Phi) is 25.1. The standard InChI is InChI=1S/C53H72N2O12.2C6H6O3S/c1-54(22-18-38-32-48(62-7)50(64-9)34-40(38)42(54)28-36-14-16-44(58-3)46(30-36)60-5)24-20-52(56)66-26-12-11-13-27-67-53(57)21-25-55(2)23-19-39-33-49(63-8)51(65-10)35-41(39)43(55)29-37-15-17-45(59-4)47(31-37)61-6;2*7-10(8,9)6-4-2-1-3-5-6/h14-17,30-35,42-43H,11-13,18-29H2,1-10H3;2*1-5H,(H,7,8,9)/q+2;;/p-2/t42-,43+,54+,55-;;. The Morgan fingerprint density at radius 2 is 0.759 bits per heavy atom. The molecule has 0 unspecified atom stereocenters. The van der Waals surface area contributed by atoms with Gasteiger partial charge in [0, 0.05) is 36.8 Å². The van der Waals surface area contributed by atoms with Crippen LogP contribution < -0.4 is 37.9 Å². The summed E-state index contributed by atoms with van der Waals surface area (Å²) in [5.74, 6) is 5.06. The molecule has 2 aliphatic heterocycles. The first-order valence-electron chi connectivity index (χ1n) is 28.5. The van der Waals surface area contributed by atoms with Gasteiger partial charge in [-0.3, -0.25) is 9.59 Å². The van der Waals surface area contributed by atoms with Gasteiger partial charge < -0.3 is 65.4 Å². The molecular formula is C65H82N2O18S2. The van der Waals surface area contributed by atoms with Crippen molar-refractivity contribution in [3.8, 4) is 46.0 Å². The van der Waals surface area contributed by atoms with Crippen LogP contribution in [-0.4, -0.2) is 157 Å². The van der Waals surface area contributed by atoms with Gasteiger partial charge in [-0.15, -0.1) is 0 Å². The predicted octanol–water partition coefficient (Wildman–Crippen LogP) is 9.25. The van der Waals surface area contributed by atoms with E-state index in [1.807, 2.05) is 24.3 Å². The number of benzene rings is 6. The lowest BCUT2D eigenvalue weighted by Crippen LogP contribution is -2.53. The summed E-state index contributed by atoms with van der Waals surface area (Å²) in [4.78, 5) is 26.0. The van der Waals surface area contributed by atoms with Gasteiger partial charge in [0.05, 0.1) is 133 Å². The molecule has 0 bridgehead atoms. The Labute approximate surface area is 512 Å². The molecule has 6 aromatic rings. The minimum Gasteiger partial charge on any atom is -0.744 e. The van der Waals surface area contributed by atoms with Crippen molar-refractivity contribution in [2.45, 2.75) is 79.7 Å². The molecule has 2 heterocycles. The smallest absolute Gasteiger partial charge is 0.311 e. The molecule has 20 nitrogen and oxygen atoms in total. The van der Waals surface area contributed by atoms with E-state index in [1.165, 1.54) is 70.8 Å². The largest absolute Gasteiger partial charge is 0.744 e. The normalized spacial score (nSPS) is 17.7. The maximum Gasteiger partial charge on any atom is 0.311 e. The van der Waals surface area contributed by atoms with Crippen molar-refractivity contribution in [1.82, 2.24) is 0 Å². The summed E-state index contributed by atoms with van der Waals surface area (Å²) in [6, 6.07) is 34.9. The second kappa shape index (κ2) is 31.9. The quantitative estimate of drug-likeness (QED) is 0.0213. The van der Waals surface area contributed by atoms with E-state index in [0.29, 0.717) is 107 Å². The van der Waals surface area contributed by atoms with Gasteiger partial charge in [0.2, 0.25) is 0 Å². The molecule has 8 rings (SSSR count). The van der Waals surface area contributed by atoms with Gasteiger partial charge in [0.25, 0.3) is 0 Å². The van der Waals surface area contributed by atoms with Gasteiger partial charge in [-0.05, 0) is 114 Å². The fourth-order valence-electron chi connectivity index (χ4n) is 11.1. The number of likely N-dealkylation sites (N-methyl/N-ethyl adjacent to an activating group) is 2. The van der Waals surface area contributed by atoms with Gasteiger partial charge in [-0.25, -0.2) is 16.8 Å². The maximum absolute atomic E-state index is 13.2. The van der Waals surface area contributed by atoms with Crippen molar-refractivity contribution < 1.29 is 91.9 Å². The van der Waals surface area contributed by atoms with Crippen LogP contribution in [0.25, 0.3) is 0 Å². The highest BCUT2D eigenvalue weighted by atomic mass is 32.2. The second-order valence-electron chi connectivity index (χ2n) is 21.5. The summed E-state index contributed by atoms with van der Waals surface area (Å²) in [5, 5.41) is 0. The van der Waals surface area contributed by atoms with E-state index in [0.717, 1.165) is 56.3 Å². The number of rotatable bonds is 26. The fraction of sp³-hybridized carbons (Fsp3) is 0.415. The molecule has 0 N–H and O–H groups in total. The summed E-state index contributed by atoms with van der Waals surface area (Å²) in [7, 11) is 9.11. The molecule has 0 saturated heterocycles. The molecule has 0 spiro atoms. The molecule has 472 valence electrons. The molecule has 6 aromatic carbocycles. The summed E-state index contributed by atoms with van der Waals surface area (Å²) in [5.41, 5.74) is 7.00. The topological polar surface area (TPSA) is 241 Å². The molecule has 0 fully saturated rings. The zero-order valence-electron chi connectivity index (χ0n) is 51.4. The van der Waals surface area contributed by atoms with Crippen molar-refractivity contribution in [1.29, 1.82) is 0 Å². The van der Waals surface area contributed by atoms with Crippen LogP contribution in [0, 0.1) is 0 Å². The molecule has 4 atom stereocenters. The molecule has 0 saturated carbocycles. The van der Waals surface area contributed by atoms with Crippen LogP contribution in [0.1, 0.15) is 77.6 Å². The molecule has 2 aliphatic rings. The van der Waals surface area contributed by atoms with Gasteiger partial charge in [0.15, 0.2) is 46.0 Å². The van der Waals surface area contributed by atoms with Crippen LogP contribution in [0.5, 0.6) is 46.0 Å². The number of unbranched alkanes of at least 4 members (excludes halogenated alkanes) is 2. The Morgan fingerprint density at radius 1 is 0.437 bits per heavy atom. The fourth-order valence-corrected chi connectivity index (χ4v) is 12.1. The molecule has 0 aliphatic carbocycles. The summed E-state index contributed by atoms with van der Waals surface area (Å²) in [6.07, 6.45) is 5.85. The number of esters is 2. The van der Waals surface area contributed by atoms with Crippen molar-refractivity contribution in [2.75, 3.05) is 110 Å². The van der Waals surface area contributed by atoms with Crippen LogP contribution in [0.2, 0.25) is 0 Å². The third kappa shape index (κ3) is 18.7. The highest BCUT2D eigenvalue weighted by Gasteiger charge is 2.42. The Hall–Kier alpha value is -7.60. The van der Waals surface area contributed by atoms with Crippen LogP contribution in [0.15, 0.2) is 131 Å². The summed E-state index contributed by atoms with van der Waals surface area (Å²) in [6.45, 7) is 3.57. The average Bonchev–Trinajstić information content (AvgIpc) is 1.78. The lowest BCUT2D eigenvalue weighted by Gasteiger charge is -2.46.